The van der Waals surface area contributed by atoms with Crippen molar-refractivity contribution in [3.05, 3.63) is 89.7 Å². The van der Waals surface area contributed by atoms with Crippen molar-refractivity contribution < 1.29 is 19.1 Å². The molecular formula is C20H12N2O4. The lowest BCUT2D eigenvalue weighted by Crippen LogP contribution is -2.29. The summed E-state index contributed by atoms with van der Waals surface area (Å²) in [4.78, 5) is 42.4. The number of imide groups is 1. The molecule has 1 aliphatic rings. The fraction of sp³-hybridized carbons (Fsp3) is 0. The molecule has 6 heteroatoms. The van der Waals surface area contributed by atoms with Crippen molar-refractivity contribution in [2.75, 3.05) is 4.90 Å². The highest BCUT2D eigenvalue weighted by Crippen LogP contribution is 2.27. The van der Waals surface area contributed by atoms with Gasteiger partial charge in [-0.05, 0) is 42.5 Å². The zero-order valence-corrected chi connectivity index (χ0v) is 13.5. The fourth-order valence-corrected chi connectivity index (χ4v) is 2.73. The molecule has 26 heavy (non-hydrogen) atoms. The summed E-state index contributed by atoms with van der Waals surface area (Å²) in [6.45, 7) is 0. The number of para-hydroxylation sites is 1. The van der Waals surface area contributed by atoms with E-state index < -0.39 is 17.8 Å². The molecule has 6 nitrogen and oxygen atoms in total. The number of rotatable bonds is 3. The van der Waals surface area contributed by atoms with Crippen LogP contribution in [0.1, 0.15) is 31.2 Å². The normalized spacial score (nSPS) is 12.8. The van der Waals surface area contributed by atoms with E-state index in [9.17, 15) is 14.4 Å². The molecule has 0 fully saturated rings. The number of carbonyl (C=O) groups excluding carboxylic acids is 3. The minimum Gasteiger partial charge on any atom is -0.423 e. The van der Waals surface area contributed by atoms with E-state index in [4.69, 9.17) is 4.74 Å². The van der Waals surface area contributed by atoms with E-state index in [0.717, 1.165) is 4.90 Å². The second-order valence-electron chi connectivity index (χ2n) is 5.60. The molecule has 3 aromatic rings. The van der Waals surface area contributed by atoms with Crippen LogP contribution in [0.3, 0.4) is 0 Å². The Labute approximate surface area is 148 Å². The molecule has 0 atom stereocenters. The lowest BCUT2D eigenvalue weighted by atomic mass is 10.2. The first kappa shape index (κ1) is 15.7. The third-order valence-corrected chi connectivity index (χ3v) is 3.94. The average molecular weight is 344 g/mol. The largest absolute Gasteiger partial charge is 0.423 e. The Hall–Kier alpha value is -3.80. The quantitative estimate of drug-likeness (QED) is 0.414. The summed E-state index contributed by atoms with van der Waals surface area (Å²) in [6, 6.07) is 18.0. The van der Waals surface area contributed by atoms with Crippen LogP contribution in [0.25, 0.3) is 0 Å². The van der Waals surface area contributed by atoms with E-state index in [1.54, 1.807) is 54.6 Å². The monoisotopic (exact) mass is 344 g/mol. The molecule has 126 valence electrons. The Bertz CT molecular complexity index is 996. The van der Waals surface area contributed by atoms with Crippen LogP contribution < -0.4 is 9.64 Å². The van der Waals surface area contributed by atoms with E-state index in [0.29, 0.717) is 11.4 Å². The van der Waals surface area contributed by atoms with Crippen molar-refractivity contribution in [3.63, 3.8) is 0 Å². The van der Waals surface area contributed by atoms with Gasteiger partial charge in [0, 0.05) is 6.20 Å². The van der Waals surface area contributed by atoms with Crippen molar-refractivity contribution in [1.82, 2.24) is 4.98 Å². The van der Waals surface area contributed by atoms with Crippen LogP contribution in [-0.2, 0) is 0 Å². The van der Waals surface area contributed by atoms with Crippen LogP contribution in [0, 0.1) is 0 Å². The number of hydrogen-bond donors (Lipinski definition) is 0. The van der Waals surface area contributed by atoms with E-state index >= 15 is 0 Å². The van der Waals surface area contributed by atoms with Crippen LogP contribution in [0.2, 0.25) is 0 Å². The van der Waals surface area contributed by atoms with Gasteiger partial charge in [-0.15, -0.1) is 0 Å². The Morgan fingerprint density at radius 1 is 0.885 bits per heavy atom. The predicted octanol–water partition coefficient (Wildman–Crippen LogP) is 3.10. The van der Waals surface area contributed by atoms with Crippen LogP contribution >= 0.6 is 0 Å². The van der Waals surface area contributed by atoms with Gasteiger partial charge in [0.25, 0.3) is 11.8 Å². The van der Waals surface area contributed by atoms with Crippen LogP contribution in [-0.4, -0.2) is 22.8 Å². The first-order valence-corrected chi connectivity index (χ1v) is 7.86. The SMILES string of the molecule is O=C(Oc1ccccc1)c1cccc(N2C(=O)c3cccnc3C2=O)c1. The summed E-state index contributed by atoms with van der Waals surface area (Å²) in [7, 11) is 0. The zero-order valence-electron chi connectivity index (χ0n) is 13.5. The molecule has 4 rings (SSSR count). The maximum absolute atomic E-state index is 12.5. The first-order valence-electron chi connectivity index (χ1n) is 7.86. The standard InChI is InChI=1S/C20H12N2O4/c23-18-16-10-5-11-21-17(16)19(24)22(18)14-7-4-6-13(12-14)20(25)26-15-8-2-1-3-9-15/h1-12H. The Morgan fingerprint density at radius 3 is 2.46 bits per heavy atom. The lowest BCUT2D eigenvalue weighted by Gasteiger charge is -2.14. The number of fused-ring (bicyclic) bond motifs is 1. The van der Waals surface area contributed by atoms with Gasteiger partial charge in [0.2, 0.25) is 0 Å². The van der Waals surface area contributed by atoms with Gasteiger partial charge in [0.1, 0.15) is 11.4 Å². The van der Waals surface area contributed by atoms with Gasteiger partial charge in [0.15, 0.2) is 0 Å². The molecule has 0 aliphatic carbocycles. The molecule has 0 saturated heterocycles. The highest BCUT2D eigenvalue weighted by Gasteiger charge is 2.37. The highest BCUT2D eigenvalue weighted by molar-refractivity contribution is 6.33. The van der Waals surface area contributed by atoms with E-state index in [1.165, 1.54) is 12.3 Å². The molecule has 1 aromatic heterocycles. The number of hydrogen-bond acceptors (Lipinski definition) is 5. The third kappa shape index (κ3) is 2.63. The van der Waals surface area contributed by atoms with Gasteiger partial charge in [-0.3, -0.25) is 14.6 Å². The second kappa shape index (κ2) is 6.25. The van der Waals surface area contributed by atoms with Crippen molar-refractivity contribution in [3.8, 4) is 5.75 Å². The molecule has 0 saturated carbocycles. The number of aromatic nitrogens is 1. The molecule has 2 amide bonds. The predicted molar refractivity (Wildman–Crippen MR) is 93.2 cm³/mol. The number of ether oxygens (including phenoxy) is 1. The molecule has 0 N–H and O–H groups in total. The van der Waals surface area contributed by atoms with Crippen molar-refractivity contribution in [2.24, 2.45) is 0 Å². The maximum atomic E-state index is 12.5. The average Bonchev–Trinajstić information content (AvgIpc) is 2.94. The fourth-order valence-electron chi connectivity index (χ4n) is 2.73. The number of amides is 2. The van der Waals surface area contributed by atoms with Crippen LogP contribution in [0.4, 0.5) is 5.69 Å². The number of carbonyl (C=O) groups is 3. The molecule has 2 aromatic carbocycles. The highest BCUT2D eigenvalue weighted by atomic mass is 16.5. The smallest absolute Gasteiger partial charge is 0.343 e. The summed E-state index contributed by atoms with van der Waals surface area (Å²) in [5.41, 5.74) is 0.876. The molecule has 2 heterocycles. The number of benzene rings is 2. The number of pyridine rings is 1. The molecular weight excluding hydrogens is 332 g/mol. The van der Waals surface area contributed by atoms with Crippen molar-refractivity contribution in [1.29, 1.82) is 0 Å². The number of anilines is 1. The van der Waals surface area contributed by atoms with Gasteiger partial charge in [-0.25, -0.2) is 9.69 Å². The summed E-state index contributed by atoms with van der Waals surface area (Å²) in [5.74, 6) is -1.15. The van der Waals surface area contributed by atoms with Crippen molar-refractivity contribution >= 4 is 23.5 Å². The molecule has 0 bridgehead atoms. The summed E-state index contributed by atoms with van der Waals surface area (Å²) >= 11 is 0. The first-order chi connectivity index (χ1) is 12.6. The van der Waals surface area contributed by atoms with Gasteiger partial charge in [-0.2, -0.15) is 0 Å². The van der Waals surface area contributed by atoms with Gasteiger partial charge in [-0.1, -0.05) is 24.3 Å². The maximum Gasteiger partial charge on any atom is 0.343 e. The summed E-state index contributed by atoms with van der Waals surface area (Å²) in [6.07, 6.45) is 1.46. The topological polar surface area (TPSA) is 76.6 Å². The Morgan fingerprint density at radius 2 is 1.69 bits per heavy atom. The van der Waals surface area contributed by atoms with Gasteiger partial charge < -0.3 is 4.74 Å². The zero-order chi connectivity index (χ0) is 18.1. The third-order valence-electron chi connectivity index (χ3n) is 3.94. The van der Waals surface area contributed by atoms with E-state index in [-0.39, 0.29) is 16.8 Å². The van der Waals surface area contributed by atoms with Crippen LogP contribution in [0.15, 0.2) is 72.9 Å². The van der Waals surface area contributed by atoms with Crippen LogP contribution in [0.5, 0.6) is 5.75 Å². The lowest BCUT2D eigenvalue weighted by molar-refractivity contribution is 0.0733. The summed E-state index contributed by atoms with van der Waals surface area (Å²) < 4.78 is 5.29. The van der Waals surface area contributed by atoms with Crippen molar-refractivity contribution in [2.45, 2.75) is 0 Å². The summed E-state index contributed by atoms with van der Waals surface area (Å²) in [5, 5.41) is 0. The minimum absolute atomic E-state index is 0.106. The van der Waals surface area contributed by atoms with E-state index in [2.05, 4.69) is 4.98 Å². The van der Waals surface area contributed by atoms with E-state index in [1.807, 2.05) is 6.07 Å². The Balaban J connectivity index is 1.64. The molecule has 0 radical (unpaired) electrons. The minimum atomic E-state index is -0.576. The molecule has 0 unspecified atom stereocenters. The van der Waals surface area contributed by atoms with Gasteiger partial charge in [0.05, 0.1) is 16.8 Å². The number of nitrogens with zero attached hydrogens (tertiary/aromatic N) is 2. The molecule has 1 aliphatic heterocycles. The second-order valence-corrected chi connectivity index (χ2v) is 5.60. The van der Waals surface area contributed by atoms with Gasteiger partial charge >= 0.3 is 5.97 Å². The number of esters is 1. The molecule has 0 spiro atoms. The Kier molecular flexibility index (Phi) is 3.78.